The maximum Gasteiger partial charge on any atom is 0.242 e. The molecule has 6 aromatic rings. The molecule has 0 bridgehead atoms. The van der Waals surface area contributed by atoms with Crippen molar-refractivity contribution in [1.82, 2.24) is 19.6 Å². The molecule has 314 valence electrons. The number of carbonyl (C=O) groups excluding carboxylic acids is 1. The van der Waals surface area contributed by atoms with Crippen LogP contribution in [0.4, 0.5) is 11.6 Å². The molecule has 5 atom stereocenters. The summed E-state index contributed by atoms with van der Waals surface area (Å²) < 4.78 is 43.8. The van der Waals surface area contributed by atoms with Gasteiger partial charge in [0, 0.05) is 62.3 Å². The van der Waals surface area contributed by atoms with Gasteiger partial charge in [-0.25, -0.2) is 18.4 Å². The molecular weight excluding hydrogens is 789 g/mol. The Morgan fingerprint density at radius 1 is 0.754 bits per heavy atom. The van der Waals surface area contributed by atoms with Crippen molar-refractivity contribution < 1.29 is 27.8 Å². The minimum Gasteiger partial charge on any atom is -0.392 e. The van der Waals surface area contributed by atoms with Gasteiger partial charge in [0.25, 0.3) is 0 Å². The normalized spacial score (nSPS) is 20.2. The Bertz CT molecular complexity index is 2460. The van der Waals surface area contributed by atoms with Gasteiger partial charge < -0.3 is 24.8 Å². The predicted octanol–water partition coefficient (Wildman–Crippen LogP) is 6.57. The summed E-state index contributed by atoms with van der Waals surface area (Å²) in [6.07, 6.45) is 2.11. The molecule has 61 heavy (non-hydrogen) atoms. The molecule has 0 spiro atoms. The number of carbonyl (C=O) groups is 1. The Balaban J connectivity index is 1.07. The lowest BCUT2D eigenvalue weighted by molar-refractivity contribution is -0.263. The lowest BCUT2D eigenvalue weighted by atomic mass is 9.83. The molecule has 13 heteroatoms. The second-order valence-corrected chi connectivity index (χ2v) is 17.2. The number of rotatable bonds is 14. The maximum absolute atomic E-state index is 14.1. The van der Waals surface area contributed by atoms with Gasteiger partial charge in [-0.05, 0) is 65.9 Å². The molecule has 2 fully saturated rings. The Morgan fingerprint density at radius 3 is 2.11 bits per heavy atom. The second-order valence-electron chi connectivity index (χ2n) is 15.5. The number of hydrogen-bond donors (Lipinski definition) is 3. The van der Waals surface area contributed by atoms with E-state index in [0.29, 0.717) is 17.8 Å². The summed E-state index contributed by atoms with van der Waals surface area (Å²) >= 11 is 0. The summed E-state index contributed by atoms with van der Waals surface area (Å²) in [6.45, 7) is 5.57. The third-order valence-corrected chi connectivity index (χ3v) is 12.8. The number of anilines is 2. The van der Waals surface area contributed by atoms with Crippen LogP contribution in [0.15, 0.2) is 157 Å². The Morgan fingerprint density at radius 2 is 1.43 bits per heavy atom. The zero-order chi connectivity index (χ0) is 42.2. The topological polar surface area (TPSA) is 146 Å². The van der Waals surface area contributed by atoms with Gasteiger partial charge in [0.1, 0.15) is 6.04 Å². The molecule has 12 nitrogen and oxygen atoms in total. The molecule has 0 radical (unpaired) electrons. The van der Waals surface area contributed by atoms with Gasteiger partial charge >= 0.3 is 0 Å². The van der Waals surface area contributed by atoms with Crippen LogP contribution in [0.2, 0.25) is 0 Å². The van der Waals surface area contributed by atoms with Crippen molar-refractivity contribution in [2.24, 2.45) is 0 Å². The van der Waals surface area contributed by atoms with Crippen molar-refractivity contribution in [3.63, 3.8) is 0 Å². The van der Waals surface area contributed by atoms with Crippen molar-refractivity contribution in [3.8, 4) is 0 Å². The number of ether oxygens (including phenoxy) is 2. The Hall–Kier alpha value is -5.80. The predicted molar refractivity (Wildman–Crippen MR) is 234 cm³/mol. The van der Waals surface area contributed by atoms with E-state index < -0.39 is 34.4 Å². The number of aliphatic hydroxyl groups excluding tert-OH is 1. The molecule has 2 saturated heterocycles. The highest BCUT2D eigenvalue weighted by Crippen LogP contribution is 2.47. The third kappa shape index (κ3) is 10.4. The van der Waals surface area contributed by atoms with E-state index in [4.69, 9.17) is 9.47 Å². The number of piperazine rings is 1. The highest BCUT2D eigenvalue weighted by atomic mass is 32.2. The molecule has 1 unspecified atom stereocenters. The van der Waals surface area contributed by atoms with E-state index >= 15 is 0 Å². The highest BCUT2D eigenvalue weighted by molar-refractivity contribution is 7.89. The maximum atomic E-state index is 14.1. The number of hydrogen-bond acceptors (Lipinski definition) is 10. The summed E-state index contributed by atoms with van der Waals surface area (Å²) in [7, 11) is -4.04. The van der Waals surface area contributed by atoms with E-state index in [1.165, 1.54) is 12.1 Å². The van der Waals surface area contributed by atoms with E-state index in [-0.39, 0.29) is 29.9 Å². The first-order valence-corrected chi connectivity index (χ1v) is 22.0. The fraction of sp³-hybridized carbons (Fsp3) is 0.271. The van der Waals surface area contributed by atoms with E-state index in [2.05, 4.69) is 41.9 Å². The first-order valence-electron chi connectivity index (χ1n) is 20.6. The molecule has 8 rings (SSSR count). The molecule has 5 aromatic carbocycles. The number of nitrogens with one attached hydrogen (secondary N) is 2. The standard InChI is InChI=1S/C48H50N6O6S/c1-34-16-22-41(23-17-34)61(57,58)52-42(30-35-10-4-2-5-11-35)46(56)51-40-15-8-14-39(31-40)47-59-43(32-53-26-28-54(29-27-53)48-49-24-9-25-50-48)44(37-12-6-3-7-13-37)45(60-47)38-20-18-36(33-55)19-21-38/h2-25,31,42-45,47,52,55H,26-30,32-33H2,1H3,(H,51,56)/t42-,43-,44-,45+,47?/m1/s1. The largest absolute Gasteiger partial charge is 0.392 e. The minimum absolute atomic E-state index is 0.0690. The van der Waals surface area contributed by atoms with Crippen LogP contribution in [0.25, 0.3) is 0 Å². The van der Waals surface area contributed by atoms with Crippen LogP contribution in [-0.4, -0.2) is 79.2 Å². The number of aryl methyl sites for hydroxylation is 1. The van der Waals surface area contributed by atoms with Crippen molar-refractivity contribution in [2.75, 3.05) is 42.9 Å². The lowest BCUT2D eigenvalue weighted by Crippen LogP contribution is -2.51. The van der Waals surface area contributed by atoms with Crippen LogP contribution in [0, 0.1) is 6.92 Å². The number of aromatic nitrogens is 2. The lowest BCUT2D eigenvalue weighted by Gasteiger charge is -2.45. The molecule has 0 aliphatic carbocycles. The van der Waals surface area contributed by atoms with Crippen LogP contribution in [-0.2, 0) is 37.3 Å². The second kappa shape index (κ2) is 19.3. The van der Waals surface area contributed by atoms with Gasteiger partial charge in [-0.15, -0.1) is 0 Å². The SMILES string of the molecule is Cc1ccc(S(=O)(=O)N[C@H](Cc2ccccc2)C(=O)Nc2cccc(C3O[C@H](CN4CCN(c5ncccn5)CC4)[C@@H](c4ccccc4)[C@H](c4ccc(CO)cc4)O3)c2)cc1. The average molecular weight is 839 g/mol. The molecule has 1 aromatic heterocycles. The molecule has 3 N–H and O–H groups in total. The molecule has 3 heterocycles. The Labute approximate surface area is 357 Å². The van der Waals surface area contributed by atoms with Crippen molar-refractivity contribution in [1.29, 1.82) is 0 Å². The molecule has 1 amide bonds. The molecular formula is C48H50N6O6S. The summed E-state index contributed by atoms with van der Waals surface area (Å²) in [4.78, 5) is 27.7. The minimum atomic E-state index is -4.04. The third-order valence-electron chi connectivity index (χ3n) is 11.3. The monoisotopic (exact) mass is 838 g/mol. The summed E-state index contributed by atoms with van der Waals surface area (Å²) in [5.74, 6) is 0.0299. The van der Waals surface area contributed by atoms with E-state index in [0.717, 1.165) is 59.9 Å². The van der Waals surface area contributed by atoms with Gasteiger partial charge in [-0.3, -0.25) is 9.69 Å². The van der Waals surface area contributed by atoms with Crippen LogP contribution in [0.1, 0.15) is 51.7 Å². The quantitative estimate of drug-likeness (QED) is 0.110. The van der Waals surface area contributed by atoms with Crippen LogP contribution in [0.3, 0.4) is 0 Å². The Kier molecular flexibility index (Phi) is 13.2. The summed E-state index contributed by atoms with van der Waals surface area (Å²) in [6, 6.07) is 42.0. The fourth-order valence-electron chi connectivity index (χ4n) is 8.01. The smallest absolute Gasteiger partial charge is 0.242 e. The number of aliphatic hydroxyl groups is 1. The molecule has 2 aliphatic heterocycles. The number of nitrogens with zero attached hydrogens (tertiary/aromatic N) is 4. The summed E-state index contributed by atoms with van der Waals surface area (Å²) in [5.41, 5.74) is 5.72. The first-order chi connectivity index (χ1) is 29.7. The van der Waals surface area contributed by atoms with Crippen LogP contribution in [0.5, 0.6) is 0 Å². The molecule has 2 aliphatic rings. The van der Waals surface area contributed by atoms with Crippen molar-refractivity contribution in [2.45, 2.75) is 55.3 Å². The first kappa shape index (κ1) is 41.9. The zero-order valence-electron chi connectivity index (χ0n) is 34.0. The fourth-order valence-corrected chi connectivity index (χ4v) is 9.20. The number of amides is 1. The van der Waals surface area contributed by atoms with Gasteiger partial charge in [0.15, 0.2) is 6.29 Å². The van der Waals surface area contributed by atoms with Crippen LogP contribution >= 0.6 is 0 Å². The number of sulfonamides is 1. The average Bonchev–Trinajstić information content (AvgIpc) is 3.30. The van der Waals surface area contributed by atoms with Crippen molar-refractivity contribution >= 4 is 27.6 Å². The van der Waals surface area contributed by atoms with Gasteiger partial charge in [-0.1, -0.05) is 115 Å². The van der Waals surface area contributed by atoms with Gasteiger partial charge in [0.2, 0.25) is 21.9 Å². The summed E-state index contributed by atoms with van der Waals surface area (Å²) in [5, 5.41) is 12.8. The van der Waals surface area contributed by atoms with Gasteiger partial charge in [-0.2, -0.15) is 4.72 Å². The number of benzene rings is 5. The molecule has 0 saturated carbocycles. The van der Waals surface area contributed by atoms with Gasteiger partial charge in [0.05, 0.1) is 23.7 Å². The van der Waals surface area contributed by atoms with E-state index in [1.807, 2.05) is 104 Å². The van der Waals surface area contributed by atoms with E-state index in [9.17, 15) is 18.3 Å². The van der Waals surface area contributed by atoms with E-state index in [1.54, 1.807) is 30.6 Å². The highest BCUT2D eigenvalue weighted by Gasteiger charge is 2.43. The van der Waals surface area contributed by atoms with Crippen LogP contribution < -0.4 is 14.9 Å². The van der Waals surface area contributed by atoms with Crippen molar-refractivity contribution in [3.05, 3.63) is 185 Å². The zero-order valence-corrected chi connectivity index (χ0v) is 34.8.